The van der Waals surface area contributed by atoms with E-state index in [9.17, 15) is 0 Å². The molecular formula is C51H32N2O2. The summed E-state index contributed by atoms with van der Waals surface area (Å²) in [5, 5.41) is 6.67. The summed E-state index contributed by atoms with van der Waals surface area (Å²) in [4.78, 5) is 7.25. The van der Waals surface area contributed by atoms with Crippen molar-refractivity contribution in [2.75, 3.05) is 4.90 Å². The van der Waals surface area contributed by atoms with E-state index in [0.29, 0.717) is 0 Å². The van der Waals surface area contributed by atoms with E-state index in [2.05, 4.69) is 169 Å². The fourth-order valence-corrected chi connectivity index (χ4v) is 8.15. The van der Waals surface area contributed by atoms with E-state index in [0.717, 1.165) is 105 Å². The van der Waals surface area contributed by atoms with Crippen molar-refractivity contribution in [1.29, 1.82) is 0 Å². The zero-order chi connectivity index (χ0) is 36.3. The lowest BCUT2D eigenvalue weighted by Crippen LogP contribution is -2.10. The van der Waals surface area contributed by atoms with Crippen LogP contribution in [0.4, 0.5) is 17.1 Å². The average Bonchev–Trinajstić information content (AvgIpc) is 3.85. The van der Waals surface area contributed by atoms with Crippen molar-refractivity contribution in [1.82, 2.24) is 4.98 Å². The molecule has 0 atom stereocenters. The Labute approximate surface area is 317 Å². The summed E-state index contributed by atoms with van der Waals surface area (Å²) in [7, 11) is 0. The van der Waals surface area contributed by atoms with Crippen LogP contribution in [-0.4, -0.2) is 4.98 Å². The molecule has 11 rings (SSSR count). The van der Waals surface area contributed by atoms with Gasteiger partial charge >= 0.3 is 0 Å². The topological polar surface area (TPSA) is 42.4 Å². The lowest BCUT2D eigenvalue weighted by molar-refractivity contribution is 0.669. The van der Waals surface area contributed by atoms with Gasteiger partial charge in [-0.3, -0.25) is 4.98 Å². The van der Waals surface area contributed by atoms with Gasteiger partial charge in [0.15, 0.2) is 5.58 Å². The smallest absolute Gasteiger partial charge is 0.159 e. The monoisotopic (exact) mass is 704 g/mol. The fourth-order valence-electron chi connectivity index (χ4n) is 8.15. The molecule has 0 aliphatic rings. The maximum Gasteiger partial charge on any atom is 0.159 e. The summed E-state index contributed by atoms with van der Waals surface area (Å²) < 4.78 is 13.4. The molecule has 0 unspecified atom stereocenters. The second-order valence-corrected chi connectivity index (χ2v) is 13.9. The van der Waals surface area contributed by atoms with E-state index < -0.39 is 0 Å². The van der Waals surface area contributed by atoms with E-state index in [4.69, 9.17) is 13.8 Å². The van der Waals surface area contributed by atoms with Crippen molar-refractivity contribution in [3.63, 3.8) is 0 Å². The number of furan rings is 2. The second-order valence-electron chi connectivity index (χ2n) is 13.9. The molecule has 3 aromatic heterocycles. The van der Waals surface area contributed by atoms with Gasteiger partial charge in [0.05, 0.1) is 11.4 Å². The molecule has 258 valence electrons. The number of hydrogen-bond acceptors (Lipinski definition) is 4. The van der Waals surface area contributed by atoms with Gasteiger partial charge in [0.25, 0.3) is 0 Å². The third-order valence-corrected chi connectivity index (χ3v) is 10.7. The van der Waals surface area contributed by atoms with E-state index in [1.165, 1.54) is 0 Å². The zero-order valence-corrected chi connectivity index (χ0v) is 29.7. The summed E-state index contributed by atoms with van der Waals surface area (Å²) in [6.07, 6.45) is 1.96. The minimum Gasteiger partial charge on any atom is -0.455 e. The van der Waals surface area contributed by atoms with Crippen LogP contribution in [0.5, 0.6) is 0 Å². The molecule has 55 heavy (non-hydrogen) atoms. The van der Waals surface area contributed by atoms with Crippen LogP contribution < -0.4 is 4.90 Å². The first-order valence-electron chi connectivity index (χ1n) is 18.5. The van der Waals surface area contributed by atoms with Gasteiger partial charge in [0.2, 0.25) is 0 Å². The summed E-state index contributed by atoms with van der Waals surface area (Å²) in [5.41, 5.74) is 12.8. The predicted octanol–water partition coefficient (Wildman–Crippen LogP) is 14.5. The Morgan fingerprint density at radius 1 is 0.400 bits per heavy atom. The average molecular weight is 705 g/mol. The van der Waals surface area contributed by atoms with Crippen LogP contribution in [0.1, 0.15) is 0 Å². The summed E-state index contributed by atoms with van der Waals surface area (Å²) >= 11 is 0. The maximum atomic E-state index is 6.84. The van der Waals surface area contributed by atoms with Gasteiger partial charge in [-0.15, -0.1) is 0 Å². The van der Waals surface area contributed by atoms with Gasteiger partial charge in [-0.2, -0.15) is 0 Å². The number of hydrogen-bond donors (Lipinski definition) is 0. The SMILES string of the molecule is c1ccc(-c2ccc(-c3cccc4oc5c(-c6ccc(N(c7ccccc7)c7cccc8c7oc7ccccc78)cc6)cc6ccccc6c5c34)nc2)cc1. The van der Waals surface area contributed by atoms with Gasteiger partial charge in [0.1, 0.15) is 16.7 Å². The first-order chi connectivity index (χ1) is 27.3. The van der Waals surface area contributed by atoms with E-state index in [1.54, 1.807) is 0 Å². The molecule has 0 aliphatic carbocycles. The lowest BCUT2D eigenvalue weighted by Gasteiger charge is -2.25. The molecule has 0 N–H and O–H groups in total. The normalized spacial score (nSPS) is 11.6. The number of para-hydroxylation sites is 3. The molecule has 0 fully saturated rings. The highest BCUT2D eigenvalue weighted by atomic mass is 16.3. The minimum absolute atomic E-state index is 0.838. The number of aromatic nitrogens is 1. The van der Waals surface area contributed by atoms with Crippen molar-refractivity contribution in [2.45, 2.75) is 0 Å². The third kappa shape index (κ3) is 5.11. The third-order valence-electron chi connectivity index (χ3n) is 10.7. The van der Waals surface area contributed by atoms with Gasteiger partial charge < -0.3 is 13.7 Å². The molecule has 4 nitrogen and oxygen atoms in total. The molecule has 0 saturated heterocycles. The molecule has 8 aromatic carbocycles. The number of fused-ring (bicyclic) bond motifs is 8. The van der Waals surface area contributed by atoms with Crippen molar-refractivity contribution in [3.8, 4) is 33.5 Å². The quantitative estimate of drug-likeness (QED) is 0.173. The van der Waals surface area contributed by atoms with Crippen molar-refractivity contribution >= 4 is 71.7 Å². The Bertz CT molecular complexity index is 3180. The van der Waals surface area contributed by atoms with Gasteiger partial charge in [-0.05, 0) is 76.5 Å². The number of rotatable bonds is 6. The second kappa shape index (κ2) is 12.6. The molecule has 0 amide bonds. The molecular weight excluding hydrogens is 673 g/mol. The number of benzene rings is 8. The number of nitrogens with zero attached hydrogens (tertiary/aromatic N) is 2. The van der Waals surface area contributed by atoms with E-state index >= 15 is 0 Å². The van der Waals surface area contributed by atoms with Crippen LogP contribution in [0.3, 0.4) is 0 Å². The highest BCUT2D eigenvalue weighted by Crippen LogP contribution is 2.46. The van der Waals surface area contributed by atoms with Crippen LogP contribution in [-0.2, 0) is 0 Å². The standard InChI is InChI=1S/C51H32N2O2/c1-3-13-33(14-4-1)36-27-30-44(52-32-36)42-21-12-24-47-48(42)49-39-18-8-7-15-35(39)31-43(51(49)55-47)34-25-28-38(29-26-34)53(37-16-5-2-6-17-37)45-22-11-20-41-40-19-9-10-23-46(40)54-50(41)45/h1-32H. The molecule has 0 bridgehead atoms. The van der Waals surface area contributed by atoms with Gasteiger partial charge in [-0.25, -0.2) is 0 Å². The van der Waals surface area contributed by atoms with Crippen LogP contribution in [0.2, 0.25) is 0 Å². The van der Waals surface area contributed by atoms with Crippen molar-refractivity contribution < 1.29 is 8.83 Å². The lowest BCUT2D eigenvalue weighted by atomic mass is 9.94. The molecule has 0 radical (unpaired) electrons. The fraction of sp³-hybridized carbons (Fsp3) is 0. The zero-order valence-electron chi connectivity index (χ0n) is 29.7. The summed E-state index contributed by atoms with van der Waals surface area (Å²) in [6.45, 7) is 0. The minimum atomic E-state index is 0.838. The maximum absolute atomic E-state index is 6.84. The summed E-state index contributed by atoms with van der Waals surface area (Å²) in [6, 6.07) is 65.6. The number of pyridine rings is 1. The van der Waals surface area contributed by atoms with Crippen LogP contribution in [0.25, 0.3) is 88.2 Å². The Balaban J connectivity index is 1.07. The van der Waals surface area contributed by atoms with Gasteiger partial charge in [-0.1, -0.05) is 133 Å². The van der Waals surface area contributed by atoms with Crippen LogP contribution in [0.15, 0.2) is 203 Å². The molecule has 4 heteroatoms. The Hall–Kier alpha value is -7.43. The summed E-state index contributed by atoms with van der Waals surface area (Å²) in [5.74, 6) is 0. The first kappa shape index (κ1) is 31.1. The Morgan fingerprint density at radius 2 is 1.05 bits per heavy atom. The largest absolute Gasteiger partial charge is 0.455 e. The first-order valence-corrected chi connectivity index (χ1v) is 18.5. The molecule has 0 spiro atoms. The van der Waals surface area contributed by atoms with E-state index in [1.807, 2.05) is 30.5 Å². The van der Waals surface area contributed by atoms with Crippen LogP contribution in [0, 0.1) is 0 Å². The van der Waals surface area contributed by atoms with Crippen molar-refractivity contribution in [3.05, 3.63) is 194 Å². The van der Waals surface area contributed by atoms with E-state index in [-0.39, 0.29) is 0 Å². The molecule has 3 heterocycles. The highest BCUT2D eigenvalue weighted by Gasteiger charge is 2.22. The molecule has 0 saturated carbocycles. The highest BCUT2D eigenvalue weighted by molar-refractivity contribution is 6.25. The molecule has 11 aromatic rings. The Morgan fingerprint density at radius 3 is 1.87 bits per heavy atom. The van der Waals surface area contributed by atoms with Crippen molar-refractivity contribution in [2.24, 2.45) is 0 Å². The van der Waals surface area contributed by atoms with Gasteiger partial charge in [0, 0.05) is 55.8 Å². The molecule has 0 aliphatic heterocycles. The Kier molecular flexibility index (Phi) is 7.14. The predicted molar refractivity (Wildman–Crippen MR) is 227 cm³/mol. The number of anilines is 3. The van der Waals surface area contributed by atoms with Crippen LogP contribution >= 0.6 is 0 Å².